The highest BCUT2D eigenvalue weighted by atomic mass is 16.2. The summed E-state index contributed by atoms with van der Waals surface area (Å²) in [5.74, 6) is 0.134. The molecule has 5 N–H and O–H groups in total. The molecule has 0 saturated heterocycles. The molecule has 0 aliphatic heterocycles. The van der Waals surface area contributed by atoms with Gasteiger partial charge in [-0.2, -0.15) is 0 Å². The largest absolute Gasteiger partial charge is 0.397 e. The minimum Gasteiger partial charge on any atom is -0.397 e. The van der Waals surface area contributed by atoms with E-state index in [1.54, 1.807) is 36.5 Å². The van der Waals surface area contributed by atoms with Crippen LogP contribution in [0.15, 0.2) is 66.9 Å². The number of carbonyl (C=O) groups excluding carboxylic acids is 2. The number of aromatic nitrogens is 1. The van der Waals surface area contributed by atoms with E-state index in [0.717, 1.165) is 11.3 Å². The first-order valence-corrected chi connectivity index (χ1v) is 8.73. The molecule has 2 amide bonds. The summed E-state index contributed by atoms with van der Waals surface area (Å²) in [4.78, 5) is 27.5. The fraction of sp³-hybridized carbons (Fsp3) is 0.0952. The van der Waals surface area contributed by atoms with E-state index >= 15 is 0 Å². The molecule has 0 spiro atoms. The Morgan fingerprint density at radius 3 is 2.36 bits per heavy atom. The summed E-state index contributed by atoms with van der Waals surface area (Å²) in [6, 6.07) is 18.0. The zero-order valence-electron chi connectivity index (χ0n) is 15.4. The number of rotatable bonds is 6. The van der Waals surface area contributed by atoms with E-state index in [0.29, 0.717) is 29.3 Å². The fourth-order valence-electron chi connectivity index (χ4n) is 2.54. The number of amides is 2. The maximum absolute atomic E-state index is 12.3. The van der Waals surface area contributed by atoms with Crippen LogP contribution in [0.2, 0.25) is 0 Å². The quantitative estimate of drug-likeness (QED) is 0.493. The van der Waals surface area contributed by atoms with E-state index in [1.807, 2.05) is 30.3 Å². The molecule has 3 aromatic rings. The molecular formula is C21H21N5O2. The second-order valence-electron chi connectivity index (χ2n) is 6.21. The average molecular weight is 375 g/mol. The normalized spacial score (nSPS) is 10.2. The highest BCUT2D eigenvalue weighted by Gasteiger charge is 2.08. The van der Waals surface area contributed by atoms with Crippen molar-refractivity contribution in [1.29, 1.82) is 0 Å². The molecule has 142 valence electrons. The summed E-state index contributed by atoms with van der Waals surface area (Å²) in [6.45, 7) is 2.02. The monoisotopic (exact) mass is 375 g/mol. The van der Waals surface area contributed by atoms with E-state index in [4.69, 9.17) is 5.73 Å². The predicted octanol–water partition coefficient (Wildman–Crippen LogP) is 3.49. The van der Waals surface area contributed by atoms with Gasteiger partial charge in [-0.15, -0.1) is 0 Å². The van der Waals surface area contributed by atoms with Crippen molar-refractivity contribution in [2.24, 2.45) is 0 Å². The van der Waals surface area contributed by atoms with Gasteiger partial charge >= 0.3 is 0 Å². The lowest BCUT2D eigenvalue weighted by Crippen LogP contribution is -2.13. The predicted molar refractivity (Wildman–Crippen MR) is 111 cm³/mol. The van der Waals surface area contributed by atoms with E-state index in [1.165, 1.54) is 6.92 Å². The smallest absolute Gasteiger partial charge is 0.255 e. The van der Waals surface area contributed by atoms with Crippen LogP contribution in [0.4, 0.5) is 22.9 Å². The Morgan fingerprint density at radius 1 is 0.964 bits per heavy atom. The number of benzene rings is 2. The van der Waals surface area contributed by atoms with Crippen molar-refractivity contribution < 1.29 is 9.59 Å². The number of nitrogens with zero attached hydrogens (tertiary/aromatic N) is 1. The third-order valence-electron chi connectivity index (χ3n) is 3.99. The molecule has 0 atom stereocenters. The number of hydrogen-bond acceptors (Lipinski definition) is 5. The van der Waals surface area contributed by atoms with Crippen molar-refractivity contribution in [3.63, 3.8) is 0 Å². The van der Waals surface area contributed by atoms with Gasteiger partial charge in [0.15, 0.2) is 0 Å². The lowest BCUT2D eigenvalue weighted by atomic mass is 10.1. The number of nitrogens with one attached hydrogen (secondary N) is 3. The van der Waals surface area contributed by atoms with Crippen LogP contribution in [0.1, 0.15) is 22.8 Å². The van der Waals surface area contributed by atoms with E-state index in [-0.39, 0.29) is 11.8 Å². The van der Waals surface area contributed by atoms with Gasteiger partial charge in [-0.25, -0.2) is 4.98 Å². The SMILES string of the molecule is CC(=O)Nc1ccc(NCc2ccc(C(=O)Nc3ccccc3N)cc2)cn1. The van der Waals surface area contributed by atoms with Gasteiger partial charge in [0.25, 0.3) is 5.91 Å². The first-order chi connectivity index (χ1) is 13.5. The Morgan fingerprint density at radius 2 is 1.71 bits per heavy atom. The van der Waals surface area contributed by atoms with Crippen molar-refractivity contribution in [2.45, 2.75) is 13.5 Å². The minimum atomic E-state index is -0.213. The molecular weight excluding hydrogens is 354 g/mol. The molecule has 0 aliphatic rings. The van der Waals surface area contributed by atoms with Gasteiger partial charge in [0.05, 0.1) is 23.3 Å². The average Bonchev–Trinajstić information content (AvgIpc) is 2.69. The van der Waals surface area contributed by atoms with E-state index in [2.05, 4.69) is 20.9 Å². The fourth-order valence-corrected chi connectivity index (χ4v) is 2.54. The van der Waals surface area contributed by atoms with Crippen LogP contribution in [-0.2, 0) is 11.3 Å². The molecule has 0 saturated carbocycles. The Labute approximate surface area is 163 Å². The number of carbonyl (C=O) groups is 2. The number of hydrogen-bond donors (Lipinski definition) is 4. The van der Waals surface area contributed by atoms with Gasteiger partial charge in [-0.05, 0) is 42.0 Å². The van der Waals surface area contributed by atoms with E-state index < -0.39 is 0 Å². The van der Waals surface area contributed by atoms with Crippen LogP contribution in [0.3, 0.4) is 0 Å². The van der Waals surface area contributed by atoms with Crippen LogP contribution >= 0.6 is 0 Å². The van der Waals surface area contributed by atoms with Crippen LogP contribution in [-0.4, -0.2) is 16.8 Å². The summed E-state index contributed by atoms with van der Waals surface area (Å²) in [7, 11) is 0. The second-order valence-corrected chi connectivity index (χ2v) is 6.21. The van der Waals surface area contributed by atoms with Crippen LogP contribution in [0.25, 0.3) is 0 Å². The molecule has 0 fully saturated rings. The molecule has 0 unspecified atom stereocenters. The maximum atomic E-state index is 12.3. The molecule has 28 heavy (non-hydrogen) atoms. The van der Waals surface area contributed by atoms with Crippen molar-refractivity contribution in [1.82, 2.24) is 4.98 Å². The van der Waals surface area contributed by atoms with Crippen molar-refractivity contribution in [3.05, 3.63) is 78.0 Å². The number of pyridine rings is 1. The summed E-state index contributed by atoms with van der Waals surface area (Å²) in [5, 5.41) is 8.67. The molecule has 1 heterocycles. The van der Waals surface area contributed by atoms with Crippen molar-refractivity contribution >= 4 is 34.7 Å². The Hall–Kier alpha value is -3.87. The van der Waals surface area contributed by atoms with Gasteiger partial charge in [0.1, 0.15) is 5.82 Å². The number of nitrogen functional groups attached to an aromatic ring is 1. The number of para-hydroxylation sites is 2. The van der Waals surface area contributed by atoms with Gasteiger partial charge in [0.2, 0.25) is 5.91 Å². The number of nitrogens with two attached hydrogens (primary N) is 1. The summed E-state index contributed by atoms with van der Waals surface area (Å²) >= 11 is 0. The van der Waals surface area contributed by atoms with Crippen LogP contribution < -0.4 is 21.7 Å². The number of anilines is 4. The zero-order valence-corrected chi connectivity index (χ0v) is 15.4. The van der Waals surface area contributed by atoms with Crippen molar-refractivity contribution in [3.8, 4) is 0 Å². The summed E-state index contributed by atoms with van der Waals surface area (Å²) < 4.78 is 0. The first kappa shape index (κ1) is 18.9. The highest BCUT2D eigenvalue weighted by Crippen LogP contribution is 2.18. The third kappa shape index (κ3) is 5.07. The van der Waals surface area contributed by atoms with Gasteiger partial charge in [0, 0.05) is 19.0 Å². The molecule has 7 nitrogen and oxygen atoms in total. The molecule has 0 aliphatic carbocycles. The lowest BCUT2D eigenvalue weighted by Gasteiger charge is -2.10. The molecule has 3 rings (SSSR count). The van der Waals surface area contributed by atoms with Gasteiger partial charge < -0.3 is 21.7 Å². The standard InChI is InChI=1S/C21H21N5O2/c1-14(27)25-20-11-10-17(13-24-20)23-12-15-6-8-16(9-7-15)21(28)26-19-5-3-2-4-18(19)22/h2-11,13,23H,12,22H2,1H3,(H,26,28)(H,24,25,27). The Kier molecular flexibility index (Phi) is 5.86. The maximum Gasteiger partial charge on any atom is 0.255 e. The second kappa shape index (κ2) is 8.68. The summed E-state index contributed by atoms with van der Waals surface area (Å²) in [5.41, 5.74) is 9.36. The first-order valence-electron chi connectivity index (χ1n) is 8.73. The topological polar surface area (TPSA) is 109 Å². The van der Waals surface area contributed by atoms with Crippen molar-refractivity contribution in [2.75, 3.05) is 21.7 Å². The lowest BCUT2D eigenvalue weighted by molar-refractivity contribution is -0.114. The van der Waals surface area contributed by atoms with Crippen LogP contribution in [0, 0.1) is 0 Å². The minimum absolute atomic E-state index is 0.160. The zero-order chi connectivity index (χ0) is 19.9. The van der Waals surface area contributed by atoms with E-state index in [9.17, 15) is 9.59 Å². The van der Waals surface area contributed by atoms with Gasteiger partial charge in [-0.3, -0.25) is 9.59 Å². The summed E-state index contributed by atoms with van der Waals surface area (Å²) in [6.07, 6.45) is 1.65. The Balaban J connectivity index is 1.56. The molecule has 0 radical (unpaired) electrons. The highest BCUT2D eigenvalue weighted by molar-refractivity contribution is 6.05. The Bertz CT molecular complexity index is 969. The molecule has 0 bridgehead atoms. The molecule has 1 aromatic heterocycles. The third-order valence-corrected chi connectivity index (χ3v) is 3.99. The molecule has 2 aromatic carbocycles. The van der Waals surface area contributed by atoms with Crippen LogP contribution in [0.5, 0.6) is 0 Å². The molecule has 7 heteroatoms. The van der Waals surface area contributed by atoms with Gasteiger partial charge in [-0.1, -0.05) is 24.3 Å².